The van der Waals surface area contributed by atoms with E-state index in [9.17, 15) is 16.8 Å². The lowest BCUT2D eigenvalue weighted by Gasteiger charge is -1.86. The highest BCUT2D eigenvalue weighted by atomic mass is 32.2. The standard InChI is InChI=1S/C4H10O2.2C3H8O3S/c5-3-1-2-4-6;2*1-2-3-7(4,5)6/h5-6H,1-4H2;2*2-3H2,1H3,(H,4,5,6). The molecule has 0 aliphatic rings. The molecule has 10 heteroatoms. The minimum absolute atomic E-state index is 0.132. The van der Waals surface area contributed by atoms with Crippen molar-refractivity contribution < 1.29 is 36.2 Å². The number of aliphatic hydroxyl groups excluding tert-OH is 2. The van der Waals surface area contributed by atoms with Gasteiger partial charge in [0.15, 0.2) is 0 Å². The van der Waals surface area contributed by atoms with E-state index in [1.807, 2.05) is 0 Å². The molecule has 0 aromatic rings. The van der Waals surface area contributed by atoms with Gasteiger partial charge in [0.2, 0.25) is 0 Å². The van der Waals surface area contributed by atoms with Crippen molar-refractivity contribution in [2.75, 3.05) is 24.7 Å². The second-order valence-electron chi connectivity index (χ2n) is 3.73. The fraction of sp³-hybridized carbons (Fsp3) is 1.00. The van der Waals surface area contributed by atoms with E-state index in [1.165, 1.54) is 0 Å². The lowest BCUT2D eigenvalue weighted by Crippen LogP contribution is -2.01. The van der Waals surface area contributed by atoms with Gasteiger partial charge in [-0.2, -0.15) is 16.8 Å². The van der Waals surface area contributed by atoms with Gasteiger partial charge in [-0.05, 0) is 25.7 Å². The van der Waals surface area contributed by atoms with E-state index in [0.29, 0.717) is 12.8 Å². The summed E-state index contributed by atoms with van der Waals surface area (Å²) < 4.78 is 55.1. The molecule has 0 aromatic carbocycles. The highest BCUT2D eigenvalue weighted by molar-refractivity contribution is 7.86. The first kappa shape index (κ1) is 24.7. The largest absolute Gasteiger partial charge is 0.396 e. The van der Waals surface area contributed by atoms with Crippen molar-refractivity contribution in [1.82, 2.24) is 0 Å². The number of hydrogen-bond acceptors (Lipinski definition) is 6. The van der Waals surface area contributed by atoms with Crippen LogP contribution >= 0.6 is 0 Å². The maximum atomic E-state index is 9.79. The van der Waals surface area contributed by atoms with Gasteiger partial charge in [-0.15, -0.1) is 0 Å². The summed E-state index contributed by atoms with van der Waals surface area (Å²) >= 11 is 0. The van der Waals surface area contributed by atoms with Crippen molar-refractivity contribution in [3.05, 3.63) is 0 Å². The molecule has 0 unspecified atom stereocenters. The summed E-state index contributed by atoms with van der Waals surface area (Å²) in [7, 11) is -7.35. The molecule has 0 rings (SSSR count). The summed E-state index contributed by atoms with van der Waals surface area (Å²) in [6.45, 7) is 3.77. The van der Waals surface area contributed by atoms with Crippen LogP contribution in [0.3, 0.4) is 0 Å². The highest BCUT2D eigenvalue weighted by Crippen LogP contribution is 1.84. The van der Waals surface area contributed by atoms with Gasteiger partial charge < -0.3 is 10.2 Å². The summed E-state index contributed by atoms with van der Waals surface area (Å²) in [5, 5.41) is 16.2. The van der Waals surface area contributed by atoms with Crippen molar-refractivity contribution in [2.24, 2.45) is 0 Å². The molecule has 0 saturated carbocycles. The lowest BCUT2D eigenvalue weighted by atomic mass is 10.3. The molecule has 0 aliphatic heterocycles. The second-order valence-corrected chi connectivity index (χ2v) is 6.87. The van der Waals surface area contributed by atoms with E-state index >= 15 is 0 Å². The van der Waals surface area contributed by atoms with Gasteiger partial charge in [0.25, 0.3) is 20.2 Å². The Kier molecular flexibility index (Phi) is 18.7. The minimum Gasteiger partial charge on any atom is -0.396 e. The fourth-order valence-electron chi connectivity index (χ4n) is 0.740. The average molecular weight is 338 g/mol. The Bertz CT molecular complexity index is 336. The number of rotatable bonds is 7. The predicted molar refractivity (Wildman–Crippen MR) is 76.8 cm³/mol. The molecule has 0 radical (unpaired) electrons. The molecule has 0 saturated heterocycles. The zero-order chi connectivity index (χ0) is 16.7. The first-order valence-electron chi connectivity index (χ1n) is 6.16. The van der Waals surface area contributed by atoms with Gasteiger partial charge in [-0.3, -0.25) is 9.11 Å². The van der Waals surface area contributed by atoms with E-state index in [1.54, 1.807) is 13.8 Å². The van der Waals surface area contributed by atoms with Crippen LogP contribution in [0.4, 0.5) is 0 Å². The van der Waals surface area contributed by atoms with Crippen LogP contribution in [-0.4, -0.2) is 60.9 Å². The van der Waals surface area contributed by atoms with Gasteiger partial charge in [0.1, 0.15) is 0 Å². The minimum atomic E-state index is -3.67. The molecule has 0 heterocycles. The molecule has 0 atom stereocenters. The Labute approximate surface area is 121 Å². The van der Waals surface area contributed by atoms with Gasteiger partial charge >= 0.3 is 0 Å². The molecule has 4 N–H and O–H groups in total. The van der Waals surface area contributed by atoms with Crippen LogP contribution in [0.2, 0.25) is 0 Å². The highest BCUT2D eigenvalue weighted by Gasteiger charge is 1.98. The van der Waals surface area contributed by atoms with Crippen molar-refractivity contribution in [1.29, 1.82) is 0 Å². The third-order valence-corrected chi connectivity index (χ3v) is 3.34. The van der Waals surface area contributed by atoms with Gasteiger partial charge in [0, 0.05) is 13.2 Å². The van der Waals surface area contributed by atoms with E-state index in [4.69, 9.17) is 19.3 Å². The van der Waals surface area contributed by atoms with Crippen LogP contribution in [0.15, 0.2) is 0 Å². The molecule has 8 nitrogen and oxygen atoms in total. The SMILES string of the molecule is CCCS(=O)(=O)O.CCCS(=O)(=O)O.OCCCCO. The topological polar surface area (TPSA) is 149 Å². The molecule has 126 valence electrons. The Morgan fingerprint density at radius 2 is 0.950 bits per heavy atom. The van der Waals surface area contributed by atoms with Crippen LogP contribution in [0.1, 0.15) is 39.5 Å². The average Bonchev–Trinajstić information content (AvgIpc) is 2.24. The monoisotopic (exact) mass is 338 g/mol. The van der Waals surface area contributed by atoms with E-state index < -0.39 is 20.2 Å². The van der Waals surface area contributed by atoms with Crippen LogP contribution in [0.25, 0.3) is 0 Å². The summed E-state index contributed by atoms with van der Waals surface area (Å²) in [6, 6.07) is 0. The molecule has 0 amide bonds. The van der Waals surface area contributed by atoms with Crippen molar-refractivity contribution in [3.8, 4) is 0 Å². The number of unbranched alkanes of at least 4 members (excludes halogenated alkanes) is 1. The molecular formula is C10H26O8S2. The van der Waals surface area contributed by atoms with Crippen molar-refractivity contribution >= 4 is 20.2 Å². The Balaban J connectivity index is -0.000000218. The summed E-state index contributed by atoms with van der Waals surface area (Å²) in [4.78, 5) is 0. The third-order valence-electron chi connectivity index (χ3n) is 1.49. The van der Waals surface area contributed by atoms with Gasteiger partial charge in [-0.1, -0.05) is 13.8 Å². The lowest BCUT2D eigenvalue weighted by molar-refractivity contribution is 0.242. The Morgan fingerprint density at radius 3 is 1.00 bits per heavy atom. The van der Waals surface area contributed by atoms with E-state index in [0.717, 1.165) is 12.8 Å². The summed E-state index contributed by atoms with van der Waals surface area (Å²) in [5.74, 6) is -0.264. The maximum Gasteiger partial charge on any atom is 0.264 e. The van der Waals surface area contributed by atoms with E-state index in [-0.39, 0.29) is 24.7 Å². The maximum absolute atomic E-state index is 9.79. The Morgan fingerprint density at radius 1 is 0.700 bits per heavy atom. The first-order chi connectivity index (χ1) is 9.04. The zero-order valence-electron chi connectivity index (χ0n) is 11.9. The smallest absolute Gasteiger partial charge is 0.264 e. The van der Waals surface area contributed by atoms with Crippen LogP contribution in [0.5, 0.6) is 0 Å². The zero-order valence-corrected chi connectivity index (χ0v) is 13.5. The normalized spacial score (nSPS) is 10.9. The summed E-state index contributed by atoms with van der Waals surface area (Å²) in [5.41, 5.74) is 0. The molecule has 0 fully saturated rings. The second kappa shape index (κ2) is 15.1. The molecule has 20 heavy (non-hydrogen) atoms. The Hall–Kier alpha value is -0.260. The fourth-order valence-corrected chi connectivity index (χ4v) is 1.77. The molecule has 0 bridgehead atoms. The molecular weight excluding hydrogens is 312 g/mol. The first-order valence-corrected chi connectivity index (χ1v) is 9.37. The van der Waals surface area contributed by atoms with Crippen molar-refractivity contribution in [2.45, 2.75) is 39.5 Å². The van der Waals surface area contributed by atoms with Crippen molar-refractivity contribution in [3.63, 3.8) is 0 Å². The number of hydrogen-bond donors (Lipinski definition) is 4. The molecule has 0 aliphatic carbocycles. The van der Waals surface area contributed by atoms with Gasteiger partial charge in [0.05, 0.1) is 11.5 Å². The summed E-state index contributed by atoms with van der Waals surface area (Å²) in [6.07, 6.45) is 2.38. The molecule has 0 aromatic heterocycles. The quantitative estimate of drug-likeness (QED) is 0.383. The van der Waals surface area contributed by atoms with Crippen LogP contribution in [0, 0.1) is 0 Å². The van der Waals surface area contributed by atoms with Gasteiger partial charge in [-0.25, -0.2) is 0 Å². The number of aliphatic hydroxyl groups is 2. The van der Waals surface area contributed by atoms with Crippen LogP contribution < -0.4 is 0 Å². The molecule has 0 spiro atoms. The predicted octanol–water partition coefficient (Wildman–Crippen LogP) is 0.320. The van der Waals surface area contributed by atoms with Crippen LogP contribution in [-0.2, 0) is 20.2 Å². The van der Waals surface area contributed by atoms with E-state index in [2.05, 4.69) is 0 Å². The third kappa shape index (κ3) is 43.1.